The SMILES string of the molecule is Cc1nc2ccc(C(=O)OCC(=O)NC[C@@H]3CCCO3)cc2nc1C. The topological polar surface area (TPSA) is 90.4 Å². The monoisotopic (exact) mass is 343 g/mol. The van der Waals surface area contributed by atoms with Crippen LogP contribution in [0.2, 0.25) is 0 Å². The summed E-state index contributed by atoms with van der Waals surface area (Å²) >= 11 is 0. The molecule has 0 spiro atoms. The highest BCUT2D eigenvalue weighted by Crippen LogP contribution is 2.15. The standard InChI is InChI=1S/C18H21N3O4/c1-11-12(2)21-16-8-13(5-6-15(16)20-11)18(23)25-10-17(22)19-9-14-4-3-7-24-14/h5-6,8,14H,3-4,7,9-10H2,1-2H3,(H,19,22)/t14-/m0/s1. The zero-order valence-corrected chi connectivity index (χ0v) is 14.4. The summed E-state index contributed by atoms with van der Waals surface area (Å²) in [7, 11) is 0. The lowest BCUT2D eigenvalue weighted by Gasteiger charge is -2.11. The molecule has 1 N–H and O–H groups in total. The number of nitrogens with zero attached hydrogens (tertiary/aromatic N) is 2. The van der Waals surface area contributed by atoms with Gasteiger partial charge in [0.25, 0.3) is 5.91 Å². The average molecular weight is 343 g/mol. The third-order valence-electron chi connectivity index (χ3n) is 4.20. The average Bonchev–Trinajstić information content (AvgIpc) is 3.12. The molecule has 2 aromatic rings. The van der Waals surface area contributed by atoms with Gasteiger partial charge in [-0.05, 0) is 44.9 Å². The smallest absolute Gasteiger partial charge is 0.338 e. The van der Waals surface area contributed by atoms with Gasteiger partial charge in [0.15, 0.2) is 6.61 Å². The molecule has 0 bridgehead atoms. The van der Waals surface area contributed by atoms with Crippen LogP contribution >= 0.6 is 0 Å². The molecule has 132 valence electrons. The van der Waals surface area contributed by atoms with Crippen LogP contribution in [-0.4, -0.2) is 47.7 Å². The molecule has 3 rings (SSSR count). The molecule has 0 aliphatic carbocycles. The Morgan fingerprint density at radius 2 is 2.00 bits per heavy atom. The minimum absolute atomic E-state index is 0.0606. The first-order chi connectivity index (χ1) is 12.0. The van der Waals surface area contributed by atoms with Gasteiger partial charge in [0, 0.05) is 13.2 Å². The number of carbonyl (C=O) groups excluding carboxylic acids is 2. The lowest BCUT2D eigenvalue weighted by Crippen LogP contribution is -2.34. The number of fused-ring (bicyclic) bond motifs is 1. The molecule has 1 fully saturated rings. The predicted octanol–water partition coefficient (Wildman–Crippen LogP) is 1.70. The van der Waals surface area contributed by atoms with Gasteiger partial charge in [-0.15, -0.1) is 0 Å². The zero-order valence-electron chi connectivity index (χ0n) is 14.4. The Bertz CT molecular complexity index is 800. The minimum atomic E-state index is -0.561. The number of nitrogens with one attached hydrogen (secondary N) is 1. The molecule has 25 heavy (non-hydrogen) atoms. The Balaban J connectivity index is 1.56. The van der Waals surface area contributed by atoms with Crippen molar-refractivity contribution in [1.29, 1.82) is 0 Å². The molecule has 2 heterocycles. The number of benzene rings is 1. The fourth-order valence-corrected chi connectivity index (χ4v) is 2.66. The minimum Gasteiger partial charge on any atom is -0.452 e. The van der Waals surface area contributed by atoms with E-state index in [1.165, 1.54) is 0 Å². The lowest BCUT2D eigenvalue weighted by atomic mass is 10.2. The molecule has 7 heteroatoms. The van der Waals surface area contributed by atoms with E-state index >= 15 is 0 Å². The Hall–Kier alpha value is -2.54. The molecule has 1 aromatic heterocycles. The van der Waals surface area contributed by atoms with E-state index in [2.05, 4.69) is 15.3 Å². The van der Waals surface area contributed by atoms with Gasteiger partial charge in [-0.1, -0.05) is 0 Å². The molecular weight excluding hydrogens is 322 g/mol. The molecule has 7 nitrogen and oxygen atoms in total. The van der Waals surface area contributed by atoms with E-state index in [9.17, 15) is 9.59 Å². The van der Waals surface area contributed by atoms with E-state index in [1.54, 1.807) is 18.2 Å². The Morgan fingerprint density at radius 3 is 2.72 bits per heavy atom. The molecule has 0 unspecified atom stereocenters. The van der Waals surface area contributed by atoms with Crippen LogP contribution in [-0.2, 0) is 14.3 Å². The third kappa shape index (κ3) is 4.30. The normalized spacial score (nSPS) is 16.8. The number of aromatic nitrogens is 2. The Labute approximate surface area is 145 Å². The second-order valence-corrected chi connectivity index (χ2v) is 6.11. The third-order valence-corrected chi connectivity index (χ3v) is 4.20. The van der Waals surface area contributed by atoms with Gasteiger partial charge < -0.3 is 14.8 Å². The summed E-state index contributed by atoms with van der Waals surface area (Å²) in [5.41, 5.74) is 3.35. The number of rotatable bonds is 5. The maximum absolute atomic E-state index is 12.1. The summed E-state index contributed by atoms with van der Waals surface area (Å²) in [6, 6.07) is 4.97. The number of carbonyl (C=O) groups is 2. The van der Waals surface area contributed by atoms with E-state index in [-0.39, 0.29) is 18.6 Å². The molecule has 1 atom stereocenters. The number of hydrogen-bond donors (Lipinski definition) is 1. The maximum Gasteiger partial charge on any atom is 0.338 e. The van der Waals surface area contributed by atoms with Gasteiger partial charge in [-0.25, -0.2) is 14.8 Å². The first kappa shape index (κ1) is 17.3. The van der Waals surface area contributed by atoms with E-state index in [4.69, 9.17) is 9.47 Å². The quantitative estimate of drug-likeness (QED) is 0.831. The molecule has 0 radical (unpaired) electrons. The van der Waals surface area contributed by atoms with Crippen molar-refractivity contribution < 1.29 is 19.1 Å². The first-order valence-corrected chi connectivity index (χ1v) is 8.33. The van der Waals surface area contributed by atoms with Crippen molar-refractivity contribution >= 4 is 22.9 Å². The molecular formula is C18H21N3O4. The van der Waals surface area contributed by atoms with Crippen molar-refractivity contribution in [1.82, 2.24) is 15.3 Å². The highest BCUT2D eigenvalue weighted by Gasteiger charge is 2.17. The summed E-state index contributed by atoms with van der Waals surface area (Å²) in [5.74, 6) is -0.898. The number of ether oxygens (including phenoxy) is 2. The molecule has 1 aliphatic heterocycles. The van der Waals surface area contributed by atoms with Crippen LogP contribution in [0, 0.1) is 13.8 Å². The highest BCUT2D eigenvalue weighted by molar-refractivity contribution is 5.94. The van der Waals surface area contributed by atoms with E-state index in [0.29, 0.717) is 23.1 Å². The first-order valence-electron chi connectivity index (χ1n) is 8.33. The fraction of sp³-hybridized carbons (Fsp3) is 0.444. The van der Waals surface area contributed by atoms with Gasteiger partial charge >= 0.3 is 5.97 Å². The van der Waals surface area contributed by atoms with Gasteiger partial charge in [0.2, 0.25) is 0 Å². The van der Waals surface area contributed by atoms with E-state index < -0.39 is 5.97 Å². The maximum atomic E-state index is 12.1. The van der Waals surface area contributed by atoms with Crippen LogP contribution in [0.3, 0.4) is 0 Å². The summed E-state index contributed by atoms with van der Waals surface area (Å²) in [4.78, 5) is 32.7. The van der Waals surface area contributed by atoms with Gasteiger partial charge in [-0.2, -0.15) is 0 Å². The van der Waals surface area contributed by atoms with Crippen LogP contribution < -0.4 is 5.32 Å². The van der Waals surface area contributed by atoms with Crippen LogP contribution in [0.1, 0.15) is 34.6 Å². The number of aryl methyl sites for hydroxylation is 2. The number of esters is 1. The van der Waals surface area contributed by atoms with Crippen molar-refractivity contribution in [2.45, 2.75) is 32.8 Å². The molecule has 1 aliphatic rings. The Kier molecular flexibility index (Phi) is 5.23. The van der Waals surface area contributed by atoms with Gasteiger partial charge in [0.05, 0.1) is 34.1 Å². The van der Waals surface area contributed by atoms with Crippen molar-refractivity contribution in [3.05, 3.63) is 35.2 Å². The zero-order chi connectivity index (χ0) is 17.8. The van der Waals surface area contributed by atoms with Gasteiger partial charge in [0.1, 0.15) is 0 Å². The van der Waals surface area contributed by atoms with Crippen LogP contribution in [0.4, 0.5) is 0 Å². The van der Waals surface area contributed by atoms with Crippen LogP contribution in [0.5, 0.6) is 0 Å². The van der Waals surface area contributed by atoms with Gasteiger partial charge in [-0.3, -0.25) is 4.79 Å². The summed E-state index contributed by atoms with van der Waals surface area (Å²) < 4.78 is 10.5. The Morgan fingerprint density at radius 1 is 1.24 bits per heavy atom. The van der Waals surface area contributed by atoms with Crippen molar-refractivity contribution in [2.24, 2.45) is 0 Å². The molecule has 1 amide bonds. The second-order valence-electron chi connectivity index (χ2n) is 6.11. The largest absolute Gasteiger partial charge is 0.452 e. The lowest BCUT2D eigenvalue weighted by molar-refractivity contribution is -0.124. The van der Waals surface area contributed by atoms with Crippen molar-refractivity contribution in [3.8, 4) is 0 Å². The second kappa shape index (κ2) is 7.57. The van der Waals surface area contributed by atoms with E-state index in [1.807, 2.05) is 13.8 Å². The highest BCUT2D eigenvalue weighted by atomic mass is 16.5. The fourth-order valence-electron chi connectivity index (χ4n) is 2.66. The predicted molar refractivity (Wildman–Crippen MR) is 91.3 cm³/mol. The number of hydrogen-bond acceptors (Lipinski definition) is 6. The molecule has 1 aromatic carbocycles. The summed E-state index contributed by atoms with van der Waals surface area (Å²) in [6.45, 7) is 4.62. The summed E-state index contributed by atoms with van der Waals surface area (Å²) in [5, 5.41) is 2.71. The van der Waals surface area contributed by atoms with E-state index in [0.717, 1.165) is 30.8 Å². The van der Waals surface area contributed by atoms with Crippen molar-refractivity contribution in [3.63, 3.8) is 0 Å². The summed E-state index contributed by atoms with van der Waals surface area (Å²) in [6.07, 6.45) is 2.02. The van der Waals surface area contributed by atoms with Crippen molar-refractivity contribution in [2.75, 3.05) is 19.8 Å². The van der Waals surface area contributed by atoms with Crippen LogP contribution in [0.15, 0.2) is 18.2 Å². The number of amides is 1. The molecule has 1 saturated heterocycles. The van der Waals surface area contributed by atoms with Crippen LogP contribution in [0.25, 0.3) is 11.0 Å². The molecule has 0 saturated carbocycles.